The maximum atomic E-state index is 4.35. The van der Waals surface area contributed by atoms with E-state index in [0.29, 0.717) is 6.04 Å². The van der Waals surface area contributed by atoms with Crippen LogP contribution in [0.15, 0.2) is 29.9 Å². The van der Waals surface area contributed by atoms with Crippen molar-refractivity contribution in [3.63, 3.8) is 0 Å². The molecule has 0 aromatic carbocycles. The van der Waals surface area contributed by atoms with Gasteiger partial charge in [0.2, 0.25) is 0 Å². The summed E-state index contributed by atoms with van der Waals surface area (Å²) >= 11 is 1.77. The van der Waals surface area contributed by atoms with E-state index in [4.69, 9.17) is 0 Å². The van der Waals surface area contributed by atoms with Gasteiger partial charge in [-0.1, -0.05) is 19.9 Å². The van der Waals surface area contributed by atoms with Crippen LogP contribution in [0.1, 0.15) is 24.3 Å². The average molecular weight is 235 g/mol. The van der Waals surface area contributed by atoms with Gasteiger partial charge in [-0.2, -0.15) is 5.10 Å². The molecule has 0 amide bonds. The minimum atomic E-state index is 0.514. The first-order chi connectivity index (χ1) is 7.74. The van der Waals surface area contributed by atoms with Crippen molar-refractivity contribution < 1.29 is 0 Å². The predicted octanol–water partition coefficient (Wildman–Crippen LogP) is 2.49. The van der Waals surface area contributed by atoms with Crippen LogP contribution in [0.4, 0.5) is 0 Å². The van der Waals surface area contributed by atoms with Crippen molar-refractivity contribution in [3.8, 4) is 0 Å². The first-order valence-electron chi connectivity index (χ1n) is 5.51. The van der Waals surface area contributed by atoms with Crippen LogP contribution in [-0.2, 0) is 13.1 Å². The van der Waals surface area contributed by atoms with Crippen molar-refractivity contribution >= 4 is 11.3 Å². The van der Waals surface area contributed by atoms with Crippen LogP contribution < -0.4 is 5.32 Å². The van der Waals surface area contributed by atoms with Gasteiger partial charge in [0.1, 0.15) is 0 Å². The molecule has 0 atom stereocenters. The van der Waals surface area contributed by atoms with Gasteiger partial charge in [-0.3, -0.25) is 4.68 Å². The van der Waals surface area contributed by atoms with Crippen LogP contribution in [0, 0.1) is 0 Å². The zero-order chi connectivity index (χ0) is 11.4. The number of hydrogen-bond donors (Lipinski definition) is 1. The Balaban J connectivity index is 1.92. The van der Waals surface area contributed by atoms with E-state index in [1.54, 1.807) is 11.3 Å². The fourth-order valence-corrected chi connectivity index (χ4v) is 2.16. The van der Waals surface area contributed by atoms with Gasteiger partial charge in [0.25, 0.3) is 0 Å². The lowest BCUT2D eigenvalue weighted by Gasteiger charge is -2.05. The summed E-state index contributed by atoms with van der Waals surface area (Å²) < 4.78 is 1.99. The summed E-state index contributed by atoms with van der Waals surface area (Å²) in [6.07, 6.45) is 4.04. The summed E-state index contributed by atoms with van der Waals surface area (Å²) in [4.78, 5) is 1.34. The van der Waals surface area contributed by atoms with E-state index in [1.807, 2.05) is 10.9 Å². The molecule has 0 bridgehead atoms. The summed E-state index contributed by atoms with van der Waals surface area (Å²) in [5, 5.41) is 9.83. The number of nitrogens with zero attached hydrogens (tertiary/aromatic N) is 2. The molecule has 1 N–H and O–H groups in total. The Morgan fingerprint density at radius 3 is 3.06 bits per heavy atom. The molecule has 3 nitrogen and oxygen atoms in total. The van der Waals surface area contributed by atoms with E-state index in [-0.39, 0.29) is 0 Å². The molecule has 2 rings (SSSR count). The largest absolute Gasteiger partial charge is 0.310 e. The third kappa shape index (κ3) is 3.18. The van der Waals surface area contributed by atoms with Crippen LogP contribution in [0.5, 0.6) is 0 Å². The molecule has 2 aromatic heterocycles. The molecule has 0 spiro atoms. The molecule has 2 aromatic rings. The highest BCUT2D eigenvalue weighted by atomic mass is 32.1. The van der Waals surface area contributed by atoms with Crippen molar-refractivity contribution in [2.75, 3.05) is 0 Å². The van der Waals surface area contributed by atoms with Crippen molar-refractivity contribution in [1.29, 1.82) is 0 Å². The molecular weight excluding hydrogens is 218 g/mol. The van der Waals surface area contributed by atoms with Crippen molar-refractivity contribution in [2.24, 2.45) is 0 Å². The zero-order valence-corrected chi connectivity index (χ0v) is 10.5. The normalized spacial score (nSPS) is 11.2. The summed E-state index contributed by atoms with van der Waals surface area (Å²) in [6, 6.07) is 4.73. The summed E-state index contributed by atoms with van der Waals surface area (Å²) in [5.41, 5.74) is 1.24. The Kier molecular flexibility index (Phi) is 3.74. The highest BCUT2D eigenvalue weighted by molar-refractivity contribution is 7.09. The molecule has 0 saturated carbocycles. The van der Waals surface area contributed by atoms with Crippen LogP contribution >= 0.6 is 11.3 Å². The Bertz CT molecular complexity index is 417. The van der Waals surface area contributed by atoms with Gasteiger partial charge in [-0.05, 0) is 11.4 Å². The molecule has 16 heavy (non-hydrogen) atoms. The topological polar surface area (TPSA) is 29.9 Å². The second kappa shape index (κ2) is 5.27. The van der Waals surface area contributed by atoms with E-state index in [9.17, 15) is 0 Å². The first-order valence-corrected chi connectivity index (χ1v) is 6.39. The molecule has 0 aliphatic carbocycles. The lowest BCUT2D eigenvalue weighted by atomic mass is 10.3. The number of aromatic nitrogens is 2. The first kappa shape index (κ1) is 11.4. The molecule has 0 unspecified atom stereocenters. The molecular formula is C12H17N3S. The Morgan fingerprint density at radius 1 is 1.50 bits per heavy atom. The quantitative estimate of drug-likeness (QED) is 0.863. The van der Waals surface area contributed by atoms with Gasteiger partial charge in [0, 0.05) is 29.2 Å². The van der Waals surface area contributed by atoms with E-state index >= 15 is 0 Å². The van der Waals surface area contributed by atoms with E-state index in [0.717, 1.165) is 13.1 Å². The van der Waals surface area contributed by atoms with Gasteiger partial charge in [0.15, 0.2) is 0 Å². The lowest BCUT2D eigenvalue weighted by Crippen LogP contribution is -2.21. The van der Waals surface area contributed by atoms with E-state index < -0.39 is 0 Å². The van der Waals surface area contributed by atoms with Gasteiger partial charge in [0.05, 0.1) is 12.7 Å². The maximum absolute atomic E-state index is 4.35. The third-order valence-electron chi connectivity index (χ3n) is 2.30. The summed E-state index contributed by atoms with van der Waals surface area (Å²) in [7, 11) is 0. The highest BCUT2D eigenvalue weighted by Gasteiger charge is 2.01. The van der Waals surface area contributed by atoms with Crippen molar-refractivity contribution in [1.82, 2.24) is 15.1 Å². The van der Waals surface area contributed by atoms with Gasteiger partial charge in [-0.15, -0.1) is 11.3 Å². The molecule has 0 fully saturated rings. The third-order valence-corrected chi connectivity index (χ3v) is 3.16. The second-order valence-corrected chi connectivity index (χ2v) is 5.19. The van der Waals surface area contributed by atoms with Gasteiger partial charge in [-0.25, -0.2) is 0 Å². The second-order valence-electron chi connectivity index (χ2n) is 4.16. The zero-order valence-electron chi connectivity index (χ0n) is 9.68. The van der Waals surface area contributed by atoms with Crippen molar-refractivity contribution in [2.45, 2.75) is 33.0 Å². The Hall–Kier alpha value is -1.13. The molecule has 0 aliphatic rings. The molecule has 86 valence electrons. The van der Waals surface area contributed by atoms with Crippen LogP contribution in [0.2, 0.25) is 0 Å². The standard InChI is InChI=1S/C12H17N3S/c1-10(2)13-6-11-7-14-15(8-11)9-12-4-3-5-16-12/h3-5,7-8,10,13H,6,9H2,1-2H3. The Labute approximate surface area is 100 Å². The number of thiophene rings is 1. The fraction of sp³-hybridized carbons (Fsp3) is 0.417. The molecule has 4 heteroatoms. The molecule has 0 aliphatic heterocycles. The minimum absolute atomic E-state index is 0.514. The number of rotatable bonds is 5. The highest BCUT2D eigenvalue weighted by Crippen LogP contribution is 2.10. The number of nitrogens with one attached hydrogen (secondary N) is 1. The Morgan fingerprint density at radius 2 is 2.38 bits per heavy atom. The minimum Gasteiger partial charge on any atom is -0.310 e. The maximum Gasteiger partial charge on any atom is 0.0752 e. The summed E-state index contributed by atoms with van der Waals surface area (Å²) in [6.45, 7) is 6.06. The average Bonchev–Trinajstić information content (AvgIpc) is 2.87. The van der Waals surface area contributed by atoms with Crippen LogP contribution in [0.25, 0.3) is 0 Å². The predicted molar refractivity (Wildman–Crippen MR) is 67.6 cm³/mol. The summed E-state index contributed by atoms with van der Waals surface area (Å²) in [5.74, 6) is 0. The van der Waals surface area contributed by atoms with Crippen LogP contribution in [0.3, 0.4) is 0 Å². The van der Waals surface area contributed by atoms with Gasteiger partial charge >= 0.3 is 0 Å². The fourth-order valence-electron chi connectivity index (χ4n) is 1.47. The number of hydrogen-bond acceptors (Lipinski definition) is 3. The monoisotopic (exact) mass is 235 g/mol. The SMILES string of the molecule is CC(C)NCc1cnn(Cc2cccs2)c1. The molecule has 2 heterocycles. The molecule has 0 saturated heterocycles. The van der Waals surface area contributed by atoms with E-state index in [2.05, 4.69) is 48.0 Å². The smallest absolute Gasteiger partial charge is 0.0752 e. The van der Waals surface area contributed by atoms with Crippen LogP contribution in [-0.4, -0.2) is 15.8 Å². The lowest BCUT2D eigenvalue weighted by molar-refractivity contribution is 0.588. The van der Waals surface area contributed by atoms with E-state index in [1.165, 1.54) is 10.4 Å². The molecule has 0 radical (unpaired) electrons. The van der Waals surface area contributed by atoms with Crippen molar-refractivity contribution in [3.05, 3.63) is 40.3 Å². The van der Waals surface area contributed by atoms with Gasteiger partial charge < -0.3 is 5.32 Å².